The van der Waals surface area contributed by atoms with E-state index in [1.54, 1.807) is 23.9 Å². The number of carbonyl (C=O) groups excluding carboxylic acids is 2. The number of carbonyl (C=O) groups is 2. The van der Waals surface area contributed by atoms with Gasteiger partial charge in [-0.2, -0.15) is 5.10 Å². The number of amides is 2. The highest BCUT2D eigenvalue weighted by Crippen LogP contribution is 2.46. The number of aromatic nitrogens is 2. The van der Waals surface area contributed by atoms with Gasteiger partial charge >= 0.3 is 0 Å². The minimum atomic E-state index is -3.64. The molecule has 0 bridgehead atoms. The predicted molar refractivity (Wildman–Crippen MR) is 153 cm³/mol. The van der Waals surface area contributed by atoms with E-state index in [9.17, 15) is 18.0 Å². The van der Waals surface area contributed by atoms with E-state index in [4.69, 9.17) is 9.84 Å². The van der Waals surface area contributed by atoms with Crippen LogP contribution in [0, 0.1) is 5.92 Å². The third-order valence-electron chi connectivity index (χ3n) is 6.88. The lowest BCUT2D eigenvalue weighted by atomic mass is 10.0. The van der Waals surface area contributed by atoms with Crippen LogP contribution in [0.3, 0.4) is 0 Å². The van der Waals surface area contributed by atoms with Crippen LogP contribution in [0.4, 0.5) is 5.69 Å². The van der Waals surface area contributed by atoms with Crippen LogP contribution in [-0.4, -0.2) is 63.0 Å². The molecule has 1 atom stereocenters. The first-order chi connectivity index (χ1) is 18.7. The number of fused-ring (bicyclic) bond motifs is 1. The minimum Gasteiger partial charge on any atom is -0.500 e. The Bertz CT molecular complexity index is 1550. The highest BCUT2D eigenvalue weighted by Gasteiger charge is 2.32. The largest absolute Gasteiger partial charge is 0.500 e. The van der Waals surface area contributed by atoms with E-state index in [-0.39, 0.29) is 30.2 Å². The molecule has 1 fully saturated rings. The number of nitrogens with zero attached hydrogens (tertiary/aromatic N) is 3. The molecule has 1 unspecified atom stereocenters. The van der Waals surface area contributed by atoms with Crippen molar-refractivity contribution in [1.82, 2.24) is 20.4 Å². The zero-order valence-electron chi connectivity index (χ0n) is 21.7. The second kappa shape index (κ2) is 11.0. The summed E-state index contributed by atoms with van der Waals surface area (Å²) < 4.78 is 35.0. The van der Waals surface area contributed by atoms with E-state index in [1.807, 2.05) is 30.3 Å². The minimum absolute atomic E-state index is 0.144. The van der Waals surface area contributed by atoms with Crippen molar-refractivity contribution >= 4 is 54.4 Å². The second-order valence-electron chi connectivity index (χ2n) is 9.77. The third kappa shape index (κ3) is 5.81. The van der Waals surface area contributed by atoms with Gasteiger partial charge in [0.1, 0.15) is 12.3 Å². The Hall–Kier alpha value is -3.38. The van der Waals surface area contributed by atoms with Crippen molar-refractivity contribution in [3.05, 3.63) is 64.5 Å². The van der Waals surface area contributed by atoms with E-state index in [2.05, 4.69) is 26.6 Å². The second-order valence-corrected chi connectivity index (χ2v) is 12.6. The van der Waals surface area contributed by atoms with Crippen molar-refractivity contribution < 1.29 is 22.7 Å². The number of nitrogens with one attached hydrogen (secondary N) is 2. The predicted octanol–water partition coefficient (Wildman–Crippen LogP) is 3.46. The van der Waals surface area contributed by atoms with Crippen molar-refractivity contribution in [3.63, 3.8) is 0 Å². The maximum atomic E-state index is 13.0. The molecule has 12 heteroatoms. The lowest BCUT2D eigenvalue weighted by molar-refractivity contribution is -0.124. The lowest BCUT2D eigenvalue weighted by Crippen LogP contribution is -2.36. The first kappa shape index (κ1) is 27.2. The number of ether oxygens (including phenoxy) is 1. The first-order valence-corrected chi connectivity index (χ1v) is 15.4. The molecule has 2 heterocycles. The number of halogens is 1. The smallest absolute Gasteiger partial charge is 0.270 e. The molecule has 2 amide bonds. The van der Waals surface area contributed by atoms with E-state index in [0.717, 1.165) is 22.9 Å². The van der Waals surface area contributed by atoms with Crippen molar-refractivity contribution in [3.8, 4) is 5.69 Å². The standard InChI is InChI=1S/C27H30BrN5O5S/c1-29-27(35)25-22-14-21(17-4-5-17)24(15-23(22)31-33(25)20-8-6-19(28)7-9-20)32(39(2,36)37)12-3-11-30-26(34)18-10-13-38-16-18/h6-10,13-15,17-18H,3-5,11-12,16H2,1-2H3,(H,29,35)(H,30,34). The number of sulfonamides is 1. The molecule has 2 aliphatic rings. The van der Waals surface area contributed by atoms with Gasteiger partial charge in [0.25, 0.3) is 5.91 Å². The van der Waals surface area contributed by atoms with Gasteiger partial charge in [-0.05, 0) is 73.2 Å². The summed E-state index contributed by atoms with van der Waals surface area (Å²) >= 11 is 3.44. The summed E-state index contributed by atoms with van der Waals surface area (Å²) in [6.07, 6.45) is 6.71. The number of hydrogen-bond donors (Lipinski definition) is 2. The molecule has 206 valence electrons. The Morgan fingerprint density at radius 1 is 1.21 bits per heavy atom. The third-order valence-corrected chi connectivity index (χ3v) is 8.58. The molecule has 1 aromatic heterocycles. The van der Waals surface area contributed by atoms with Gasteiger partial charge in [0, 0.05) is 30.0 Å². The van der Waals surface area contributed by atoms with Crippen molar-refractivity contribution in [2.75, 3.05) is 37.3 Å². The van der Waals surface area contributed by atoms with Gasteiger partial charge in [-0.1, -0.05) is 15.9 Å². The highest BCUT2D eigenvalue weighted by molar-refractivity contribution is 9.10. The summed E-state index contributed by atoms with van der Waals surface area (Å²) in [5.74, 6) is -0.547. The van der Waals surface area contributed by atoms with Crippen LogP contribution < -0.4 is 14.9 Å². The first-order valence-electron chi connectivity index (χ1n) is 12.8. The average molecular weight is 617 g/mol. The Labute approximate surface area is 235 Å². The summed E-state index contributed by atoms with van der Waals surface area (Å²) in [4.78, 5) is 25.3. The van der Waals surface area contributed by atoms with Gasteiger partial charge in [0.2, 0.25) is 15.9 Å². The number of anilines is 1. The summed E-state index contributed by atoms with van der Waals surface area (Å²) in [5.41, 5.74) is 3.06. The van der Waals surface area contributed by atoms with Gasteiger partial charge in [0.15, 0.2) is 0 Å². The lowest BCUT2D eigenvalue weighted by Gasteiger charge is -2.25. The Morgan fingerprint density at radius 3 is 2.56 bits per heavy atom. The molecule has 3 aromatic rings. The van der Waals surface area contributed by atoms with Gasteiger partial charge in [-0.3, -0.25) is 13.9 Å². The highest BCUT2D eigenvalue weighted by atomic mass is 79.9. The zero-order chi connectivity index (χ0) is 27.7. The molecule has 2 aromatic carbocycles. The molecular weight excluding hydrogens is 586 g/mol. The summed E-state index contributed by atoms with van der Waals surface area (Å²) in [6, 6.07) is 11.1. The maximum Gasteiger partial charge on any atom is 0.270 e. The van der Waals surface area contributed by atoms with E-state index < -0.39 is 10.0 Å². The monoisotopic (exact) mass is 615 g/mol. The molecule has 39 heavy (non-hydrogen) atoms. The summed E-state index contributed by atoms with van der Waals surface area (Å²) in [6.45, 7) is 0.837. The van der Waals surface area contributed by atoms with Crippen LogP contribution in [0.5, 0.6) is 0 Å². The molecular formula is C27H30BrN5O5S. The number of rotatable bonds is 10. The number of hydrogen-bond acceptors (Lipinski definition) is 6. The van der Waals surface area contributed by atoms with Crippen LogP contribution >= 0.6 is 15.9 Å². The molecule has 0 radical (unpaired) electrons. The molecule has 10 nitrogen and oxygen atoms in total. The Kier molecular flexibility index (Phi) is 7.68. The van der Waals surface area contributed by atoms with Gasteiger partial charge in [-0.25, -0.2) is 13.1 Å². The van der Waals surface area contributed by atoms with Crippen LogP contribution in [-0.2, 0) is 19.6 Å². The van der Waals surface area contributed by atoms with Gasteiger partial charge in [0.05, 0.1) is 35.3 Å². The molecule has 0 spiro atoms. The van der Waals surface area contributed by atoms with Crippen molar-refractivity contribution in [2.24, 2.45) is 5.92 Å². The fourth-order valence-corrected chi connectivity index (χ4v) is 5.98. The fourth-order valence-electron chi connectivity index (χ4n) is 4.74. The molecule has 1 aliphatic carbocycles. The van der Waals surface area contributed by atoms with Gasteiger partial charge in [-0.15, -0.1) is 0 Å². The van der Waals surface area contributed by atoms with Crippen LogP contribution in [0.15, 0.2) is 53.2 Å². The van der Waals surface area contributed by atoms with Crippen LogP contribution in [0.2, 0.25) is 0 Å². The van der Waals surface area contributed by atoms with E-state index >= 15 is 0 Å². The fraction of sp³-hybridized carbons (Fsp3) is 0.370. The van der Waals surface area contributed by atoms with E-state index in [1.165, 1.54) is 16.8 Å². The topological polar surface area (TPSA) is 123 Å². The summed E-state index contributed by atoms with van der Waals surface area (Å²) in [5, 5.41) is 11.0. The normalized spacial score (nSPS) is 16.7. The molecule has 1 aliphatic heterocycles. The van der Waals surface area contributed by atoms with Crippen LogP contribution in [0.25, 0.3) is 16.6 Å². The maximum absolute atomic E-state index is 13.0. The Balaban J connectivity index is 1.51. The summed E-state index contributed by atoms with van der Waals surface area (Å²) in [7, 11) is -2.07. The van der Waals surface area contributed by atoms with Crippen molar-refractivity contribution in [1.29, 1.82) is 0 Å². The molecule has 0 saturated heterocycles. The average Bonchev–Trinajstić information content (AvgIpc) is 3.46. The van der Waals surface area contributed by atoms with E-state index in [0.29, 0.717) is 47.5 Å². The van der Waals surface area contributed by atoms with Gasteiger partial charge < -0.3 is 15.4 Å². The Morgan fingerprint density at radius 2 is 1.95 bits per heavy atom. The molecule has 2 N–H and O–H groups in total. The quantitative estimate of drug-likeness (QED) is 0.337. The van der Waals surface area contributed by atoms with Crippen molar-refractivity contribution in [2.45, 2.75) is 25.2 Å². The number of benzene rings is 2. The zero-order valence-corrected chi connectivity index (χ0v) is 24.1. The molecule has 1 saturated carbocycles. The molecule has 5 rings (SSSR count). The SMILES string of the molecule is CNC(=O)c1c2cc(C3CC3)c(N(CCCNC(=O)C3C=COC3)S(C)(=O)=O)cc2nn1-c1ccc(Br)cc1. The van der Waals surface area contributed by atoms with Crippen LogP contribution in [0.1, 0.15) is 41.2 Å².